The number of rotatable bonds is 6. The van der Waals surface area contributed by atoms with Crippen LogP contribution in [0.4, 0.5) is 0 Å². The second-order valence-corrected chi connectivity index (χ2v) is 6.34. The number of fused-ring (bicyclic) bond motifs is 1. The predicted octanol–water partition coefficient (Wildman–Crippen LogP) is 1.51. The van der Waals surface area contributed by atoms with E-state index in [-0.39, 0.29) is 0 Å². The second-order valence-electron chi connectivity index (χ2n) is 6.34. The Balaban J connectivity index is 1.44. The maximum absolute atomic E-state index is 10.6. The molecule has 1 atom stereocenters. The smallest absolute Gasteiger partial charge is 0.240 e. The van der Waals surface area contributed by atoms with E-state index < -0.39 is 6.10 Å². The molecule has 1 aromatic carbocycles. The first-order chi connectivity index (χ1) is 12.7. The molecule has 0 fully saturated rings. The highest BCUT2D eigenvalue weighted by Crippen LogP contribution is 2.24. The van der Waals surface area contributed by atoms with Gasteiger partial charge in [0.15, 0.2) is 5.82 Å². The molecule has 1 unspecified atom stereocenters. The lowest BCUT2D eigenvalue weighted by Gasteiger charge is -2.25. The van der Waals surface area contributed by atoms with Crippen LogP contribution in [0.1, 0.15) is 34.8 Å². The standard InChI is InChI=1S/C18H21N5O3/c1-25-12-16-19-17(26-21-16)11-22-7-8-23-14(10-22)9-15(20-23)18(24)13-5-3-2-4-6-13/h2-6,9,18,24H,7-8,10-12H2,1H3. The molecule has 0 bridgehead atoms. The highest BCUT2D eigenvalue weighted by atomic mass is 16.5. The van der Waals surface area contributed by atoms with Gasteiger partial charge in [-0.05, 0) is 11.6 Å². The summed E-state index contributed by atoms with van der Waals surface area (Å²) in [7, 11) is 1.60. The van der Waals surface area contributed by atoms with Gasteiger partial charge in [-0.2, -0.15) is 10.1 Å². The number of methoxy groups -OCH3 is 1. The molecular weight excluding hydrogens is 334 g/mol. The van der Waals surface area contributed by atoms with Crippen molar-refractivity contribution in [3.63, 3.8) is 0 Å². The number of aromatic nitrogens is 4. The fourth-order valence-electron chi connectivity index (χ4n) is 3.15. The number of benzene rings is 1. The minimum absolute atomic E-state index is 0.344. The SMILES string of the molecule is COCc1noc(CN2CCn3nc(C(O)c4ccccc4)cc3C2)n1. The molecule has 1 aliphatic rings. The summed E-state index contributed by atoms with van der Waals surface area (Å²) in [6.45, 7) is 3.24. The summed E-state index contributed by atoms with van der Waals surface area (Å²) in [6.07, 6.45) is -0.713. The van der Waals surface area contributed by atoms with Crippen molar-refractivity contribution < 1.29 is 14.4 Å². The normalized spacial score (nSPS) is 15.8. The van der Waals surface area contributed by atoms with E-state index in [0.29, 0.717) is 30.6 Å². The molecule has 3 aromatic rings. The third kappa shape index (κ3) is 3.52. The number of ether oxygens (including phenoxy) is 1. The number of hydrogen-bond donors (Lipinski definition) is 1. The summed E-state index contributed by atoms with van der Waals surface area (Å²) in [6, 6.07) is 11.5. The molecule has 0 spiro atoms. The van der Waals surface area contributed by atoms with E-state index in [1.165, 1.54) is 0 Å². The van der Waals surface area contributed by atoms with Crippen molar-refractivity contribution in [2.45, 2.75) is 32.3 Å². The molecule has 1 aliphatic heterocycles. The number of hydrogen-bond acceptors (Lipinski definition) is 7. The summed E-state index contributed by atoms with van der Waals surface area (Å²) in [5, 5.41) is 19.0. The van der Waals surface area contributed by atoms with Gasteiger partial charge in [0.25, 0.3) is 0 Å². The Bertz CT molecular complexity index is 861. The first-order valence-corrected chi connectivity index (χ1v) is 8.55. The average Bonchev–Trinajstić information content (AvgIpc) is 3.28. The Morgan fingerprint density at radius 2 is 2.12 bits per heavy atom. The largest absolute Gasteiger partial charge is 0.382 e. The Morgan fingerprint density at radius 1 is 1.27 bits per heavy atom. The van der Waals surface area contributed by atoms with Crippen molar-refractivity contribution in [3.05, 3.63) is 65.1 Å². The lowest BCUT2D eigenvalue weighted by atomic mass is 10.1. The molecule has 136 valence electrons. The minimum Gasteiger partial charge on any atom is -0.382 e. The second kappa shape index (κ2) is 7.36. The van der Waals surface area contributed by atoms with E-state index >= 15 is 0 Å². The van der Waals surface area contributed by atoms with Crippen LogP contribution in [-0.2, 0) is 31.0 Å². The van der Waals surface area contributed by atoms with Crippen LogP contribution in [0.3, 0.4) is 0 Å². The lowest BCUT2D eigenvalue weighted by Crippen LogP contribution is -2.33. The molecule has 0 aliphatic carbocycles. The van der Waals surface area contributed by atoms with Gasteiger partial charge < -0.3 is 14.4 Å². The summed E-state index contributed by atoms with van der Waals surface area (Å²) >= 11 is 0. The van der Waals surface area contributed by atoms with Crippen LogP contribution in [0, 0.1) is 0 Å². The summed E-state index contributed by atoms with van der Waals surface area (Å²) in [5.74, 6) is 1.13. The molecule has 0 amide bonds. The fraction of sp³-hybridized carbons (Fsp3) is 0.389. The van der Waals surface area contributed by atoms with Crippen LogP contribution in [0.5, 0.6) is 0 Å². The quantitative estimate of drug-likeness (QED) is 0.717. The maximum Gasteiger partial charge on any atom is 0.240 e. The van der Waals surface area contributed by atoms with Gasteiger partial charge in [-0.3, -0.25) is 9.58 Å². The highest BCUT2D eigenvalue weighted by Gasteiger charge is 2.23. The zero-order valence-electron chi connectivity index (χ0n) is 14.6. The minimum atomic E-state index is -0.713. The van der Waals surface area contributed by atoms with Crippen LogP contribution >= 0.6 is 0 Å². The van der Waals surface area contributed by atoms with Crippen LogP contribution in [-0.4, -0.2) is 43.6 Å². The van der Waals surface area contributed by atoms with Crippen molar-refractivity contribution in [2.75, 3.05) is 13.7 Å². The Labute approximate surface area is 151 Å². The van der Waals surface area contributed by atoms with Crippen molar-refractivity contribution in [1.29, 1.82) is 0 Å². The van der Waals surface area contributed by atoms with Crippen molar-refractivity contribution >= 4 is 0 Å². The third-order valence-corrected chi connectivity index (χ3v) is 4.43. The zero-order valence-corrected chi connectivity index (χ0v) is 14.6. The van der Waals surface area contributed by atoms with E-state index in [1.807, 2.05) is 41.1 Å². The Kier molecular flexibility index (Phi) is 4.79. The van der Waals surface area contributed by atoms with E-state index in [9.17, 15) is 5.11 Å². The number of aliphatic hydroxyl groups is 1. The van der Waals surface area contributed by atoms with Crippen LogP contribution in [0.15, 0.2) is 40.9 Å². The zero-order chi connectivity index (χ0) is 17.9. The topological polar surface area (TPSA) is 89.4 Å². The van der Waals surface area contributed by atoms with Crippen LogP contribution in [0.2, 0.25) is 0 Å². The highest BCUT2D eigenvalue weighted by molar-refractivity contribution is 5.26. The van der Waals surface area contributed by atoms with Gasteiger partial charge in [0.2, 0.25) is 5.89 Å². The maximum atomic E-state index is 10.6. The van der Waals surface area contributed by atoms with Gasteiger partial charge in [0.1, 0.15) is 12.7 Å². The van der Waals surface area contributed by atoms with Gasteiger partial charge >= 0.3 is 0 Å². The molecular formula is C18H21N5O3. The number of aliphatic hydroxyl groups excluding tert-OH is 1. The Morgan fingerprint density at radius 3 is 2.92 bits per heavy atom. The van der Waals surface area contributed by atoms with Gasteiger partial charge in [0, 0.05) is 20.2 Å². The number of nitrogens with zero attached hydrogens (tertiary/aromatic N) is 5. The monoisotopic (exact) mass is 355 g/mol. The van der Waals surface area contributed by atoms with Gasteiger partial charge in [-0.1, -0.05) is 35.5 Å². The van der Waals surface area contributed by atoms with E-state index in [1.54, 1.807) is 7.11 Å². The molecule has 4 rings (SSSR count). The van der Waals surface area contributed by atoms with E-state index in [0.717, 1.165) is 30.9 Å². The molecule has 0 radical (unpaired) electrons. The lowest BCUT2D eigenvalue weighted by molar-refractivity contribution is 0.172. The summed E-state index contributed by atoms with van der Waals surface area (Å²) in [5.41, 5.74) is 2.59. The van der Waals surface area contributed by atoms with Crippen LogP contribution < -0.4 is 0 Å². The van der Waals surface area contributed by atoms with E-state index in [2.05, 4.69) is 20.1 Å². The third-order valence-electron chi connectivity index (χ3n) is 4.43. The van der Waals surface area contributed by atoms with Crippen molar-refractivity contribution in [2.24, 2.45) is 0 Å². The van der Waals surface area contributed by atoms with Crippen LogP contribution in [0.25, 0.3) is 0 Å². The fourth-order valence-corrected chi connectivity index (χ4v) is 3.15. The first kappa shape index (κ1) is 16.9. The van der Waals surface area contributed by atoms with E-state index in [4.69, 9.17) is 9.26 Å². The van der Waals surface area contributed by atoms with Gasteiger partial charge in [-0.15, -0.1) is 0 Å². The van der Waals surface area contributed by atoms with Gasteiger partial charge in [0.05, 0.1) is 24.5 Å². The molecule has 8 nitrogen and oxygen atoms in total. The molecule has 2 aromatic heterocycles. The molecule has 26 heavy (non-hydrogen) atoms. The summed E-state index contributed by atoms with van der Waals surface area (Å²) < 4.78 is 12.2. The predicted molar refractivity (Wildman–Crippen MR) is 91.9 cm³/mol. The first-order valence-electron chi connectivity index (χ1n) is 8.55. The molecule has 3 heterocycles. The van der Waals surface area contributed by atoms with Crippen molar-refractivity contribution in [3.8, 4) is 0 Å². The molecule has 0 saturated heterocycles. The summed E-state index contributed by atoms with van der Waals surface area (Å²) in [4.78, 5) is 6.54. The molecule has 0 saturated carbocycles. The molecule has 8 heteroatoms. The van der Waals surface area contributed by atoms with Gasteiger partial charge in [-0.25, -0.2) is 0 Å². The Hall–Kier alpha value is -2.55. The average molecular weight is 355 g/mol. The molecule has 1 N–H and O–H groups in total. The van der Waals surface area contributed by atoms with Crippen molar-refractivity contribution in [1.82, 2.24) is 24.8 Å².